The van der Waals surface area contributed by atoms with Gasteiger partial charge in [-0.25, -0.2) is 0 Å². The Morgan fingerprint density at radius 3 is 2.73 bits per heavy atom. The molecule has 0 atom stereocenters. The summed E-state index contributed by atoms with van der Waals surface area (Å²) in [6, 6.07) is 2.22. The fourth-order valence-corrected chi connectivity index (χ4v) is 3.42. The predicted molar refractivity (Wildman–Crippen MR) is 76.0 cm³/mol. The molecule has 1 rings (SSSR count). The molecule has 0 bridgehead atoms. The highest BCUT2D eigenvalue weighted by atomic mass is 79.9. The highest BCUT2D eigenvalue weighted by Gasteiger charge is 2.06. The maximum Gasteiger partial charge on any atom is 0.0328 e. The highest BCUT2D eigenvalue weighted by molar-refractivity contribution is 9.10. The maximum absolute atomic E-state index is 3.51. The molecule has 1 nitrogen and oxygen atoms in total. The molecule has 0 saturated heterocycles. The molecule has 0 saturated carbocycles. The van der Waals surface area contributed by atoms with Crippen molar-refractivity contribution in [3.8, 4) is 0 Å². The predicted octanol–water partition coefficient (Wildman–Crippen LogP) is 4.51. The second-order valence-electron chi connectivity index (χ2n) is 3.55. The van der Waals surface area contributed by atoms with Gasteiger partial charge in [0.15, 0.2) is 0 Å². The molecule has 4 heteroatoms. The first-order valence-electron chi connectivity index (χ1n) is 5.27. The molecule has 0 unspecified atom stereocenters. The van der Waals surface area contributed by atoms with Gasteiger partial charge in [-0.1, -0.05) is 29.3 Å². The number of alkyl halides is 1. The topological polar surface area (TPSA) is 3.24 Å². The van der Waals surface area contributed by atoms with Crippen molar-refractivity contribution in [1.29, 1.82) is 0 Å². The molecule has 1 aromatic heterocycles. The molecular weight excluding hydrogens is 338 g/mol. The van der Waals surface area contributed by atoms with Crippen LogP contribution in [0.1, 0.15) is 24.6 Å². The lowest BCUT2D eigenvalue weighted by Gasteiger charge is -2.19. The van der Waals surface area contributed by atoms with Crippen LogP contribution in [-0.4, -0.2) is 23.3 Å². The smallest absolute Gasteiger partial charge is 0.0328 e. The lowest BCUT2D eigenvalue weighted by atomic mass is 10.3. The van der Waals surface area contributed by atoms with E-state index in [1.807, 2.05) is 11.3 Å². The monoisotopic (exact) mass is 353 g/mol. The molecule has 15 heavy (non-hydrogen) atoms. The average molecular weight is 355 g/mol. The first-order valence-corrected chi connectivity index (χ1v) is 8.07. The quantitative estimate of drug-likeness (QED) is 0.651. The van der Waals surface area contributed by atoms with Gasteiger partial charge in [0.05, 0.1) is 0 Å². The van der Waals surface area contributed by atoms with Crippen LogP contribution >= 0.6 is 43.2 Å². The van der Waals surface area contributed by atoms with Crippen LogP contribution in [0.5, 0.6) is 0 Å². The van der Waals surface area contributed by atoms with Gasteiger partial charge in [0.1, 0.15) is 0 Å². The first-order chi connectivity index (χ1) is 7.26. The minimum absolute atomic E-state index is 1.06. The number of thiophene rings is 1. The van der Waals surface area contributed by atoms with Gasteiger partial charge in [-0.2, -0.15) is 0 Å². The van der Waals surface area contributed by atoms with Crippen LogP contribution in [0.25, 0.3) is 0 Å². The minimum atomic E-state index is 1.06. The number of unbranched alkanes of at least 4 members (excludes halogenated alkanes) is 1. The molecule has 1 heterocycles. The Hall–Kier alpha value is 0.620. The van der Waals surface area contributed by atoms with Gasteiger partial charge >= 0.3 is 0 Å². The number of rotatable bonds is 7. The Morgan fingerprint density at radius 1 is 1.40 bits per heavy atom. The summed E-state index contributed by atoms with van der Waals surface area (Å²) in [5.41, 5.74) is 0. The summed E-state index contributed by atoms with van der Waals surface area (Å²) in [5.74, 6) is 0. The van der Waals surface area contributed by atoms with Crippen LogP contribution in [0.3, 0.4) is 0 Å². The van der Waals surface area contributed by atoms with Crippen LogP contribution in [0, 0.1) is 0 Å². The summed E-state index contributed by atoms with van der Waals surface area (Å²) in [5, 5.41) is 3.21. The van der Waals surface area contributed by atoms with E-state index in [9.17, 15) is 0 Å². The second kappa shape index (κ2) is 7.82. The summed E-state index contributed by atoms with van der Waals surface area (Å²) in [6.45, 7) is 5.67. The van der Waals surface area contributed by atoms with E-state index < -0.39 is 0 Å². The summed E-state index contributed by atoms with van der Waals surface area (Å²) in [7, 11) is 0. The Bertz CT molecular complexity index is 275. The lowest BCUT2D eigenvalue weighted by molar-refractivity contribution is 0.281. The van der Waals surface area contributed by atoms with Crippen molar-refractivity contribution in [3.63, 3.8) is 0 Å². The molecule has 0 N–H and O–H groups in total. The molecule has 0 aromatic carbocycles. The molecule has 0 radical (unpaired) electrons. The van der Waals surface area contributed by atoms with Gasteiger partial charge in [0, 0.05) is 33.1 Å². The fourth-order valence-electron chi connectivity index (χ4n) is 1.43. The Balaban J connectivity index is 2.42. The Labute approximate surface area is 113 Å². The SMILES string of the molecule is CCCCN(CCBr)Cc1cc(Br)cs1. The van der Waals surface area contributed by atoms with E-state index in [1.165, 1.54) is 28.7 Å². The van der Waals surface area contributed by atoms with Crippen molar-refractivity contribution in [3.05, 3.63) is 20.8 Å². The minimum Gasteiger partial charge on any atom is -0.297 e. The zero-order chi connectivity index (χ0) is 11.1. The third-order valence-electron chi connectivity index (χ3n) is 2.23. The van der Waals surface area contributed by atoms with Crippen molar-refractivity contribution >= 4 is 43.2 Å². The van der Waals surface area contributed by atoms with Crippen molar-refractivity contribution in [2.75, 3.05) is 18.4 Å². The van der Waals surface area contributed by atoms with E-state index in [0.29, 0.717) is 0 Å². The largest absolute Gasteiger partial charge is 0.297 e. The van der Waals surface area contributed by atoms with Crippen LogP contribution in [0.15, 0.2) is 15.9 Å². The first kappa shape index (κ1) is 13.7. The van der Waals surface area contributed by atoms with Crippen LogP contribution in [0.2, 0.25) is 0 Å². The number of hydrogen-bond donors (Lipinski definition) is 0. The van der Waals surface area contributed by atoms with E-state index in [2.05, 4.69) is 55.1 Å². The number of hydrogen-bond acceptors (Lipinski definition) is 2. The molecule has 0 aliphatic rings. The molecule has 1 aromatic rings. The summed E-state index contributed by atoms with van der Waals surface area (Å²) >= 11 is 8.84. The van der Waals surface area contributed by atoms with Crippen LogP contribution in [-0.2, 0) is 6.54 Å². The van der Waals surface area contributed by atoms with E-state index in [1.54, 1.807) is 0 Å². The normalized spacial score (nSPS) is 11.2. The van der Waals surface area contributed by atoms with E-state index in [0.717, 1.165) is 18.4 Å². The average Bonchev–Trinajstić information content (AvgIpc) is 2.61. The summed E-state index contributed by atoms with van der Waals surface area (Å²) in [4.78, 5) is 3.95. The number of halogens is 2. The zero-order valence-corrected chi connectivity index (χ0v) is 13.0. The van der Waals surface area contributed by atoms with E-state index in [4.69, 9.17) is 0 Å². The van der Waals surface area contributed by atoms with Crippen molar-refractivity contribution in [2.24, 2.45) is 0 Å². The standard InChI is InChI=1S/C11H17Br2NS/c1-2-3-5-14(6-4-12)8-11-7-10(13)9-15-11/h7,9H,2-6,8H2,1H3. The van der Waals surface area contributed by atoms with Gasteiger partial charge in [-0.15, -0.1) is 11.3 Å². The molecule has 0 aliphatic carbocycles. The molecule has 0 spiro atoms. The zero-order valence-electron chi connectivity index (χ0n) is 9.01. The van der Waals surface area contributed by atoms with Crippen LogP contribution in [0.4, 0.5) is 0 Å². The van der Waals surface area contributed by atoms with E-state index in [-0.39, 0.29) is 0 Å². The van der Waals surface area contributed by atoms with Gasteiger partial charge < -0.3 is 0 Å². The van der Waals surface area contributed by atoms with Crippen molar-refractivity contribution in [2.45, 2.75) is 26.3 Å². The Kier molecular flexibility index (Phi) is 7.14. The Morgan fingerprint density at radius 2 is 2.20 bits per heavy atom. The summed E-state index contributed by atoms with van der Waals surface area (Å²) in [6.07, 6.45) is 2.56. The van der Waals surface area contributed by atoms with Crippen LogP contribution < -0.4 is 0 Å². The van der Waals surface area contributed by atoms with Gasteiger partial charge in [-0.3, -0.25) is 4.90 Å². The maximum atomic E-state index is 3.51. The molecule has 0 amide bonds. The summed E-state index contributed by atoms with van der Waals surface area (Å²) < 4.78 is 1.21. The van der Waals surface area contributed by atoms with Gasteiger partial charge in [-0.05, 0) is 35.0 Å². The molecular formula is C11H17Br2NS. The molecule has 0 aliphatic heterocycles. The highest BCUT2D eigenvalue weighted by Crippen LogP contribution is 2.21. The molecule has 86 valence electrons. The fraction of sp³-hybridized carbons (Fsp3) is 0.636. The van der Waals surface area contributed by atoms with E-state index >= 15 is 0 Å². The van der Waals surface area contributed by atoms with Crippen molar-refractivity contribution in [1.82, 2.24) is 4.90 Å². The third-order valence-corrected chi connectivity index (χ3v) is 4.27. The van der Waals surface area contributed by atoms with Crippen molar-refractivity contribution < 1.29 is 0 Å². The van der Waals surface area contributed by atoms with Gasteiger partial charge in [0.2, 0.25) is 0 Å². The lowest BCUT2D eigenvalue weighted by Crippen LogP contribution is -2.25. The third kappa shape index (κ3) is 5.48. The molecule has 0 fully saturated rings. The van der Waals surface area contributed by atoms with Gasteiger partial charge in [0.25, 0.3) is 0 Å². The second-order valence-corrected chi connectivity index (χ2v) is 6.25. The number of nitrogens with zero attached hydrogens (tertiary/aromatic N) is 1.